The van der Waals surface area contributed by atoms with Crippen LogP contribution in [0.2, 0.25) is 0 Å². The van der Waals surface area contributed by atoms with Crippen molar-refractivity contribution >= 4 is 0 Å². The molecule has 0 spiro atoms. The summed E-state index contributed by atoms with van der Waals surface area (Å²) in [6.45, 7) is 5.40. The van der Waals surface area contributed by atoms with E-state index in [-0.39, 0.29) is 0 Å². The van der Waals surface area contributed by atoms with Crippen LogP contribution in [0.15, 0.2) is 36.9 Å². The molecule has 0 bridgehead atoms. The third kappa shape index (κ3) is 2.63. The highest BCUT2D eigenvalue weighted by Gasteiger charge is 2.05. The Balaban J connectivity index is 2.84. The van der Waals surface area contributed by atoms with Gasteiger partial charge < -0.3 is 4.74 Å². The molecule has 0 N–H and O–H groups in total. The Bertz CT molecular complexity index is 352. The lowest BCUT2D eigenvalue weighted by molar-refractivity contribution is 0.274. The van der Waals surface area contributed by atoms with Crippen molar-refractivity contribution < 1.29 is 4.74 Å². The summed E-state index contributed by atoms with van der Waals surface area (Å²) in [4.78, 5) is 0. The van der Waals surface area contributed by atoms with Gasteiger partial charge in [0.05, 0.1) is 0 Å². The van der Waals surface area contributed by atoms with E-state index in [1.165, 1.54) is 0 Å². The first-order valence-corrected chi connectivity index (χ1v) is 4.53. The quantitative estimate of drug-likeness (QED) is 0.679. The Morgan fingerprint density at radius 1 is 1.57 bits per heavy atom. The van der Waals surface area contributed by atoms with Crippen LogP contribution in [0, 0.1) is 11.3 Å². The van der Waals surface area contributed by atoms with E-state index in [4.69, 9.17) is 10.00 Å². The molecule has 0 amide bonds. The molecule has 0 heterocycles. The first kappa shape index (κ1) is 10.3. The number of nitriles is 1. The first-order chi connectivity index (χ1) is 6.77. The van der Waals surface area contributed by atoms with Crippen molar-refractivity contribution in [3.63, 3.8) is 0 Å². The number of ether oxygens (including phenoxy) is 1. The number of para-hydroxylation sites is 1. The minimum absolute atomic E-state index is 0.416. The van der Waals surface area contributed by atoms with Gasteiger partial charge in [-0.1, -0.05) is 24.3 Å². The summed E-state index contributed by atoms with van der Waals surface area (Å²) in [5.74, 6) is 0.765. The molecule has 1 atom stereocenters. The fourth-order valence-electron chi connectivity index (χ4n) is 1.16. The molecule has 0 fully saturated rings. The third-order valence-electron chi connectivity index (χ3n) is 1.82. The Hall–Kier alpha value is -1.75. The van der Waals surface area contributed by atoms with Gasteiger partial charge in [0.1, 0.15) is 11.8 Å². The molecule has 0 aliphatic carbocycles. The van der Waals surface area contributed by atoms with Gasteiger partial charge in [0.2, 0.25) is 0 Å². The maximum absolute atomic E-state index is 8.62. The minimum Gasteiger partial charge on any atom is -0.476 e. The molecule has 0 aliphatic rings. The summed E-state index contributed by atoms with van der Waals surface area (Å²) in [7, 11) is 0. The lowest BCUT2D eigenvalue weighted by Crippen LogP contribution is -2.09. The average molecular weight is 187 g/mol. The number of benzene rings is 1. The van der Waals surface area contributed by atoms with Gasteiger partial charge in [0.15, 0.2) is 6.10 Å². The molecule has 1 unspecified atom stereocenters. The van der Waals surface area contributed by atoms with E-state index in [0.717, 1.165) is 17.7 Å². The maximum atomic E-state index is 8.62. The van der Waals surface area contributed by atoms with Gasteiger partial charge in [-0.05, 0) is 25.0 Å². The molecule has 2 heteroatoms. The van der Waals surface area contributed by atoms with Gasteiger partial charge in [-0.3, -0.25) is 0 Å². The smallest absolute Gasteiger partial charge is 0.181 e. The van der Waals surface area contributed by atoms with Crippen LogP contribution in [0.5, 0.6) is 5.75 Å². The van der Waals surface area contributed by atoms with Crippen LogP contribution in [0.4, 0.5) is 0 Å². The molecule has 14 heavy (non-hydrogen) atoms. The molecule has 0 aliphatic heterocycles. The summed E-state index contributed by atoms with van der Waals surface area (Å²) >= 11 is 0. The minimum atomic E-state index is -0.416. The van der Waals surface area contributed by atoms with Crippen molar-refractivity contribution in [1.82, 2.24) is 0 Å². The molecular weight excluding hydrogens is 174 g/mol. The predicted molar refractivity (Wildman–Crippen MR) is 56.0 cm³/mol. The zero-order valence-corrected chi connectivity index (χ0v) is 8.23. The highest BCUT2D eigenvalue weighted by molar-refractivity contribution is 5.35. The average Bonchev–Trinajstić information content (AvgIpc) is 2.21. The molecule has 0 saturated carbocycles. The fourth-order valence-corrected chi connectivity index (χ4v) is 1.16. The van der Waals surface area contributed by atoms with E-state index in [9.17, 15) is 0 Å². The van der Waals surface area contributed by atoms with E-state index in [2.05, 4.69) is 6.58 Å². The number of hydrogen-bond donors (Lipinski definition) is 0. The first-order valence-electron chi connectivity index (χ1n) is 4.53. The summed E-state index contributed by atoms with van der Waals surface area (Å²) in [6, 6.07) is 9.72. The Morgan fingerprint density at radius 2 is 2.29 bits per heavy atom. The van der Waals surface area contributed by atoms with Gasteiger partial charge >= 0.3 is 0 Å². The molecule has 72 valence electrons. The number of hydrogen-bond acceptors (Lipinski definition) is 2. The molecule has 0 aromatic heterocycles. The van der Waals surface area contributed by atoms with Gasteiger partial charge in [0.25, 0.3) is 0 Å². The summed E-state index contributed by atoms with van der Waals surface area (Å²) in [5, 5.41) is 8.62. The van der Waals surface area contributed by atoms with Crippen molar-refractivity contribution in [3.8, 4) is 11.8 Å². The third-order valence-corrected chi connectivity index (χ3v) is 1.82. The van der Waals surface area contributed by atoms with Gasteiger partial charge in [-0.2, -0.15) is 5.26 Å². The predicted octanol–water partition coefficient (Wildman–Crippen LogP) is 2.71. The van der Waals surface area contributed by atoms with E-state index in [0.29, 0.717) is 0 Å². The fraction of sp³-hybridized carbons (Fsp3) is 0.250. The summed E-state index contributed by atoms with van der Waals surface area (Å²) < 4.78 is 5.44. The van der Waals surface area contributed by atoms with Crippen molar-refractivity contribution in [1.29, 1.82) is 5.26 Å². The van der Waals surface area contributed by atoms with Gasteiger partial charge in [-0.15, -0.1) is 6.58 Å². The largest absolute Gasteiger partial charge is 0.476 e. The second-order valence-electron chi connectivity index (χ2n) is 2.99. The van der Waals surface area contributed by atoms with Gasteiger partial charge in [0, 0.05) is 0 Å². The molecule has 2 nitrogen and oxygen atoms in total. The van der Waals surface area contributed by atoms with Crippen LogP contribution in [0.25, 0.3) is 0 Å². The number of nitrogens with zero attached hydrogens (tertiary/aromatic N) is 1. The molecule has 1 rings (SSSR count). The Labute approximate surface area is 84.4 Å². The molecule has 0 radical (unpaired) electrons. The monoisotopic (exact) mass is 187 g/mol. The van der Waals surface area contributed by atoms with Crippen molar-refractivity contribution in [2.75, 3.05) is 0 Å². The standard InChI is InChI=1S/C12H13NO/c1-3-6-11-7-4-5-8-12(11)14-10(2)9-13/h3-5,7-8,10H,1,6H2,2H3. The van der Waals surface area contributed by atoms with Crippen molar-refractivity contribution in [2.24, 2.45) is 0 Å². The van der Waals surface area contributed by atoms with Crippen LogP contribution in [-0.2, 0) is 6.42 Å². The van der Waals surface area contributed by atoms with E-state index >= 15 is 0 Å². The van der Waals surface area contributed by atoms with Crippen LogP contribution in [0.1, 0.15) is 12.5 Å². The van der Waals surface area contributed by atoms with E-state index < -0.39 is 6.10 Å². The molecule has 0 saturated heterocycles. The van der Waals surface area contributed by atoms with Crippen molar-refractivity contribution in [2.45, 2.75) is 19.4 Å². The normalized spacial score (nSPS) is 11.4. The van der Waals surface area contributed by atoms with E-state index in [1.807, 2.05) is 36.4 Å². The topological polar surface area (TPSA) is 33.0 Å². The Morgan fingerprint density at radius 3 is 2.93 bits per heavy atom. The molecule has 1 aromatic rings. The van der Waals surface area contributed by atoms with Crippen LogP contribution in [0.3, 0.4) is 0 Å². The number of rotatable bonds is 4. The summed E-state index contributed by atoms with van der Waals surface area (Å²) in [6.07, 6.45) is 2.16. The zero-order valence-electron chi connectivity index (χ0n) is 8.23. The van der Waals surface area contributed by atoms with Crippen molar-refractivity contribution in [3.05, 3.63) is 42.5 Å². The SMILES string of the molecule is C=CCc1ccccc1OC(C)C#N. The summed E-state index contributed by atoms with van der Waals surface area (Å²) in [5.41, 5.74) is 1.06. The number of allylic oxidation sites excluding steroid dienone is 1. The van der Waals surface area contributed by atoms with Gasteiger partial charge in [-0.25, -0.2) is 0 Å². The zero-order chi connectivity index (χ0) is 10.4. The Kier molecular flexibility index (Phi) is 3.75. The van der Waals surface area contributed by atoms with Crippen LogP contribution >= 0.6 is 0 Å². The second kappa shape index (κ2) is 5.08. The lowest BCUT2D eigenvalue weighted by atomic mass is 10.1. The van der Waals surface area contributed by atoms with E-state index in [1.54, 1.807) is 6.92 Å². The lowest BCUT2D eigenvalue weighted by Gasteiger charge is -2.11. The van der Waals surface area contributed by atoms with Crippen LogP contribution in [-0.4, -0.2) is 6.10 Å². The highest BCUT2D eigenvalue weighted by atomic mass is 16.5. The van der Waals surface area contributed by atoms with Crippen LogP contribution < -0.4 is 4.74 Å². The highest BCUT2D eigenvalue weighted by Crippen LogP contribution is 2.19. The second-order valence-corrected chi connectivity index (χ2v) is 2.99. The molecular formula is C12H13NO. The molecule has 1 aromatic carbocycles. The maximum Gasteiger partial charge on any atom is 0.181 e.